The van der Waals surface area contributed by atoms with Gasteiger partial charge in [0.2, 0.25) is 23.4 Å². The summed E-state index contributed by atoms with van der Waals surface area (Å²) in [7, 11) is 4.38. The van der Waals surface area contributed by atoms with Crippen LogP contribution in [0.5, 0.6) is 23.0 Å². The van der Waals surface area contributed by atoms with Gasteiger partial charge in [-0.3, -0.25) is 9.59 Å². The van der Waals surface area contributed by atoms with E-state index in [-0.39, 0.29) is 35.2 Å². The van der Waals surface area contributed by atoms with E-state index in [0.717, 1.165) is 5.56 Å². The Labute approximate surface area is 208 Å². The highest BCUT2D eigenvalue weighted by Gasteiger charge is 2.35. The number of ether oxygens (including phenoxy) is 5. The van der Waals surface area contributed by atoms with Crippen LogP contribution < -0.4 is 29.7 Å². The second-order valence-electron chi connectivity index (χ2n) is 8.75. The SMILES string of the molecule is COc1c(O[C@@H]2OCC[C@H](O)[C@@H]2O)cc2c(c1OC)-c1ccc(OC)c(=O)cc1[C@@H](NC(C)=O)CC2. The summed E-state index contributed by atoms with van der Waals surface area (Å²) in [5.41, 5.74) is 2.49. The molecule has 0 saturated carbocycles. The van der Waals surface area contributed by atoms with Crippen molar-refractivity contribution >= 4 is 5.91 Å². The molecule has 1 aliphatic carbocycles. The molecule has 0 unspecified atom stereocenters. The molecule has 2 aliphatic rings. The van der Waals surface area contributed by atoms with Crippen molar-refractivity contribution in [3.63, 3.8) is 0 Å². The number of aryl methyl sites for hydroxylation is 1. The smallest absolute Gasteiger partial charge is 0.228 e. The molecule has 1 saturated heterocycles. The summed E-state index contributed by atoms with van der Waals surface area (Å²) in [5, 5.41) is 23.4. The molecule has 0 radical (unpaired) electrons. The Morgan fingerprint density at radius 1 is 1.03 bits per heavy atom. The third-order valence-corrected chi connectivity index (χ3v) is 6.49. The molecule has 1 fully saturated rings. The molecular weight excluding hydrogens is 470 g/mol. The van der Waals surface area contributed by atoms with Gasteiger partial charge in [-0.25, -0.2) is 0 Å². The fraction of sp³-hybridized carbons (Fsp3) is 0.462. The lowest BCUT2D eigenvalue weighted by Gasteiger charge is -2.32. The normalized spacial score (nSPS) is 22.9. The minimum Gasteiger partial charge on any atom is -0.493 e. The molecule has 0 spiro atoms. The van der Waals surface area contributed by atoms with Crippen molar-refractivity contribution in [1.82, 2.24) is 5.32 Å². The molecule has 1 heterocycles. The van der Waals surface area contributed by atoms with Crippen molar-refractivity contribution in [1.29, 1.82) is 0 Å². The van der Waals surface area contributed by atoms with Crippen molar-refractivity contribution in [2.45, 2.75) is 50.7 Å². The van der Waals surface area contributed by atoms with Gasteiger partial charge in [-0.15, -0.1) is 0 Å². The molecule has 10 heteroatoms. The summed E-state index contributed by atoms with van der Waals surface area (Å²) in [5.74, 6) is 0.834. The Balaban J connectivity index is 1.92. The van der Waals surface area contributed by atoms with Crippen molar-refractivity contribution in [2.75, 3.05) is 27.9 Å². The monoisotopic (exact) mass is 501 g/mol. The molecular formula is C26H31NO9. The maximum Gasteiger partial charge on any atom is 0.228 e. The van der Waals surface area contributed by atoms with Crippen LogP contribution in [0.1, 0.15) is 36.9 Å². The highest BCUT2D eigenvalue weighted by atomic mass is 16.7. The van der Waals surface area contributed by atoms with Gasteiger partial charge in [0.15, 0.2) is 17.2 Å². The summed E-state index contributed by atoms with van der Waals surface area (Å²) in [6, 6.07) is 6.17. The van der Waals surface area contributed by atoms with E-state index in [1.807, 2.05) is 0 Å². The van der Waals surface area contributed by atoms with Crippen LogP contribution in [0.2, 0.25) is 0 Å². The van der Waals surface area contributed by atoms with Gasteiger partial charge in [0, 0.05) is 12.5 Å². The molecule has 0 bridgehead atoms. The van der Waals surface area contributed by atoms with Gasteiger partial charge in [-0.05, 0) is 54.2 Å². The predicted molar refractivity (Wildman–Crippen MR) is 130 cm³/mol. The van der Waals surface area contributed by atoms with Crippen LogP contribution in [0.3, 0.4) is 0 Å². The fourth-order valence-electron chi connectivity index (χ4n) is 4.78. The number of carbonyl (C=O) groups is 1. The molecule has 4 rings (SSSR count). The maximum atomic E-state index is 12.8. The van der Waals surface area contributed by atoms with Gasteiger partial charge >= 0.3 is 0 Å². The molecule has 10 nitrogen and oxygen atoms in total. The molecule has 194 valence electrons. The minimum absolute atomic E-state index is 0.166. The molecule has 1 amide bonds. The number of carbonyl (C=O) groups excluding carboxylic acids is 1. The molecule has 4 atom stereocenters. The van der Waals surface area contributed by atoms with Crippen LogP contribution in [0.25, 0.3) is 11.1 Å². The lowest BCUT2D eigenvalue weighted by molar-refractivity contribution is -0.207. The van der Waals surface area contributed by atoms with E-state index in [1.165, 1.54) is 34.3 Å². The summed E-state index contributed by atoms with van der Waals surface area (Å²) >= 11 is 0. The summed E-state index contributed by atoms with van der Waals surface area (Å²) in [6.07, 6.45) is -1.99. The summed E-state index contributed by atoms with van der Waals surface area (Å²) < 4.78 is 28.3. The Morgan fingerprint density at radius 3 is 2.44 bits per heavy atom. The van der Waals surface area contributed by atoms with Crippen molar-refractivity contribution in [3.8, 4) is 34.1 Å². The quantitative estimate of drug-likeness (QED) is 0.541. The maximum absolute atomic E-state index is 12.8. The highest BCUT2D eigenvalue weighted by molar-refractivity contribution is 5.83. The average Bonchev–Trinajstić information content (AvgIpc) is 3.09. The van der Waals surface area contributed by atoms with Gasteiger partial charge in [0.25, 0.3) is 0 Å². The van der Waals surface area contributed by atoms with Gasteiger partial charge in [0.1, 0.15) is 6.10 Å². The second kappa shape index (κ2) is 10.7. The van der Waals surface area contributed by atoms with Gasteiger partial charge < -0.3 is 39.2 Å². The topological polar surface area (TPSA) is 133 Å². The lowest BCUT2D eigenvalue weighted by Crippen LogP contribution is -2.47. The summed E-state index contributed by atoms with van der Waals surface area (Å²) in [6.45, 7) is 1.66. The minimum atomic E-state index is -1.24. The standard InChI is InChI=1S/C26H31NO9/c1-13(28)27-17-7-5-14-11-21(36-26-23(31)18(29)9-10-35-26)24(33-3)25(34-4)22(14)15-6-8-20(32-2)19(30)12-16(15)17/h6,8,11-12,17-18,23,26,29,31H,5,7,9-10H2,1-4H3,(H,27,28)/t17-,18-,23-,26-/m0/s1. The lowest BCUT2D eigenvalue weighted by atomic mass is 9.95. The van der Waals surface area contributed by atoms with Crippen LogP contribution in [0.15, 0.2) is 29.1 Å². The zero-order valence-electron chi connectivity index (χ0n) is 20.7. The molecule has 3 N–H and O–H groups in total. The van der Waals surface area contributed by atoms with E-state index < -0.39 is 24.5 Å². The van der Waals surface area contributed by atoms with Crippen molar-refractivity contribution in [2.24, 2.45) is 0 Å². The van der Waals surface area contributed by atoms with Crippen LogP contribution in [-0.4, -0.2) is 62.6 Å². The second-order valence-corrected chi connectivity index (χ2v) is 8.75. The summed E-state index contributed by atoms with van der Waals surface area (Å²) in [4.78, 5) is 24.8. The average molecular weight is 502 g/mol. The van der Waals surface area contributed by atoms with Gasteiger partial charge in [-0.1, -0.05) is 6.07 Å². The number of fused-ring (bicyclic) bond motifs is 3. The number of amides is 1. The number of aliphatic hydroxyl groups is 2. The van der Waals surface area contributed by atoms with Crippen LogP contribution >= 0.6 is 0 Å². The number of methoxy groups -OCH3 is 3. The number of hydrogen-bond acceptors (Lipinski definition) is 9. The van der Waals surface area contributed by atoms with Crippen LogP contribution in [0, 0.1) is 0 Å². The van der Waals surface area contributed by atoms with E-state index in [0.29, 0.717) is 41.7 Å². The molecule has 2 aromatic rings. The largest absolute Gasteiger partial charge is 0.493 e. The molecule has 2 aromatic carbocycles. The van der Waals surface area contributed by atoms with Gasteiger partial charge in [0.05, 0.1) is 40.1 Å². The predicted octanol–water partition coefficient (Wildman–Crippen LogP) is 1.71. The van der Waals surface area contributed by atoms with E-state index >= 15 is 0 Å². The first-order valence-corrected chi connectivity index (χ1v) is 11.7. The third-order valence-electron chi connectivity index (χ3n) is 6.49. The zero-order chi connectivity index (χ0) is 26.0. The molecule has 1 aliphatic heterocycles. The van der Waals surface area contributed by atoms with Crippen molar-refractivity contribution < 1.29 is 38.7 Å². The van der Waals surface area contributed by atoms with E-state index in [1.54, 1.807) is 18.2 Å². The number of aliphatic hydroxyl groups excluding tert-OH is 2. The molecule has 0 aromatic heterocycles. The van der Waals surface area contributed by atoms with E-state index in [4.69, 9.17) is 23.7 Å². The number of nitrogens with one attached hydrogen (secondary N) is 1. The Morgan fingerprint density at radius 2 is 1.78 bits per heavy atom. The Hall–Kier alpha value is -3.34. The third kappa shape index (κ3) is 4.84. The van der Waals surface area contributed by atoms with Gasteiger partial charge in [-0.2, -0.15) is 0 Å². The Kier molecular flexibility index (Phi) is 7.67. The Bertz CT molecular complexity index is 1200. The van der Waals surface area contributed by atoms with Crippen LogP contribution in [-0.2, 0) is 16.0 Å². The zero-order valence-corrected chi connectivity index (χ0v) is 20.7. The number of hydrogen-bond donors (Lipinski definition) is 3. The fourth-order valence-corrected chi connectivity index (χ4v) is 4.78. The number of rotatable bonds is 6. The molecule has 36 heavy (non-hydrogen) atoms. The number of benzene rings is 1. The first kappa shape index (κ1) is 25.7. The van der Waals surface area contributed by atoms with E-state index in [9.17, 15) is 19.8 Å². The highest BCUT2D eigenvalue weighted by Crippen LogP contribution is 2.50. The first-order chi connectivity index (χ1) is 17.3. The van der Waals surface area contributed by atoms with E-state index in [2.05, 4.69) is 5.32 Å². The first-order valence-electron chi connectivity index (χ1n) is 11.7. The van der Waals surface area contributed by atoms with Crippen molar-refractivity contribution in [3.05, 3.63) is 45.6 Å². The van der Waals surface area contributed by atoms with Crippen LogP contribution in [0.4, 0.5) is 0 Å².